The quantitative estimate of drug-likeness (QED) is 0.286. The second-order valence-electron chi connectivity index (χ2n) is 2.74. The summed E-state index contributed by atoms with van der Waals surface area (Å²) in [6, 6.07) is 0.480. The van der Waals surface area contributed by atoms with Crippen LogP contribution in [0.2, 0.25) is 0 Å². The van der Waals surface area contributed by atoms with Gasteiger partial charge in [0, 0.05) is 12.6 Å². The van der Waals surface area contributed by atoms with Gasteiger partial charge < -0.3 is 5.21 Å². The summed E-state index contributed by atoms with van der Waals surface area (Å²) in [6.07, 6.45) is 5.87. The summed E-state index contributed by atoms with van der Waals surface area (Å²) >= 11 is 0. The van der Waals surface area contributed by atoms with Crippen LogP contribution in [0.3, 0.4) is 0 Å². The van der Waals surface area contributed by atoms with Gasteiger partial charge in [-0.3, -0.25) is 4.90 Å². The summed E-state index contributed by atoms with van der Waals surface area (Å²) in [6.45, 7) is 5.57. The molecule has 0 aliphatic carbocycles. The molecule has 0 aromatic heterocycles. The zero-order valence-electron chi connectivity index (χ0n) is 6.61. The van der Waals surface area contributed by atoms with Crippen molar-refractivity contribution < 1.29 is 5.21 Å². The van der Waals surface area contributed by atoms with Crippen molar-refractivity contribution in [2.75, 3.05) is 13.1 Å². The molecule has 1 aliphatic heterocycles. The largest absolute Gasteiger partial charge is 0.411 e. The molecule has 0 aromatic carbocycles. The smallest absolute Gasteiger partial charge is 0.0576 e. The third-order valence-electron chi connectivity index (χ3n) is 2.08. The molecule has 1 saturated heterocycles. The Morgan fingerprint density at radius 1 is 1.73 bits per heavy atom. The minimum absolute atomic E-state index is 0.480. The molecule has 1 N–H and O–H groups in total. The molecule has 3 heteroatoms. The minimum atomic E-state index is 0.480. The van der Waals surface area contributed by atoms with Crippen molar-refractivity contribution in [3.05, 3.63) is 12.7 Å². The number of likely N-dealkylation sites (tertiary alicyclic amines) is 1. The Morgan fingerprint density at radius 2 is 2.55 bits per heavy atom. The zero-order valence-corrected chi connectivity index (χ0v) is 6.61. The summed E-state index contributed by atoms with van der Waals surface area (Å²) in [5.41, 5.74) is 0. The molecule has 1 unspecified atom stereocenters. The van der Waals surface area contributed by atoms with E-state index in [1.807, 2.05) is 6.08 Å². The van der Waals surface area contributed by atoms with Crippen molar-refractivity contribution in [3.8, 4) is 0 Å². The van der Waals surface area contributed by atoms with Crippen molar-refractivity contribution in [2.24, 2.45) is 5.16 Å². The predicted octanol–water partition coefficient (Wildman–Crippen LogP) is 1.10. The highest BCUT2D eigenvalue weighted by atomic mass is 16.4. The highest BCUT2D eigenvalue weighted by Gasteiger charge is 2.19. The molecule has 0 spiro atoms. The molecule has 0 aromatic rings. The number of rotatable bonds is 3. The topological polar surface area (TPSA) is 35.8 Å². The number of nitrogens with zero attached hydrogens (tertiary/aromatic N) is 2. The van der Waals surface area contributed by atoms with Crippen LogP contribution in [-0.4, -0.2) is 35.5 Å². The first-order valence-corrected chi connectivity index (χ1v) is 3.91. The van der Waals surface area contributed by atoms with Crippen LogP contribution >= 0.6 is 0 Å². The summed E-state index contributed by atoms with van der Waals surface area (Å²) in [5.74, 6) is 0. The van der Waals surface area contributed by atoms with Crippen molar-refractivity contribution >= 4 is 6.21 Å². The summed E-state index contributed by atoms with van der Waals surface area (Å²) in [7, 11) is 0. The molecule has 0 bridgehead atoms. The standard InChI is InChI=1S/C8H14N2O/c1-2-8-4-3-6-10(8)7-5-9-11/h2,5,8,11H,1,3-4,6-7H2/b9-5+. The molecule has 0 amide bonds. The third kappa shape index (κ3) is 2.05. The van der Waals surface area contributed by atoms with Crippen LogP contribution < -0.4 is 0 Å². The summed E-state index contributed by atoms with van der Waals surface area (Å²) < 4.78 is 0. The highest BCUT2D eigenvalue weighted by Crippen LogP contribution is 2.16. The van der Waals surface area contributed by atoms with Crippen molar-refractivity contribution in [3.63, 3.8) is 0 Å². The molecule has 1 rings (SSSR count). The lowest BCUT2D eigenvalue weighted by molar-refractivity contribution is 0.305. The Kier molecular flexibility index (Phi) is 3.11. The lowest BCUT2D eigenvalue weighted by Crippen LogP contribution is -2.29. The second-order valence-corrected chi connectivity index (χ2v) is 2.74. The second kappa shape index (κ2) is 4.13. The first kappa shape index (κ1) is 8.27. The number of hydrogen-bond acceptors (Lipinski definition) is 3. The van der Waals surface area contributed by atoms with Gasteiger partial charge in [-0.25, -0.2) is 0 Å². The molecule has 1 atom stereocenters. The Hall–Kier alpha value is -0.830. The molecule has 3 nitrogen and oxygen atoms in total. The maximum absolute atomic E-state index is 8.20. The molecule has 11 heavy (non-hydrogen) atoms. The SMILES string of the molecule is C=CC1CCCN1C/C=N/O. The molecule has 62 valence electrons. The fourth-order valence-corrected chi connectivity index (χ4v) is 1.49. The lowest BCUT2D eigenvalue weighted by Gasteiger charge is -2.18. The number of oxime groups is 1. The number of hydrogen-bond donors (Lipinski definition) is 1. The van der Waals surface area contributed by atoms with Crippen LogP contribution in [0.25, 0.3) is 0 Å². The Balaban J connectivity index is 2.36. The fraction of sp³-hybridized carbons (Fsp3) is 0.625. The third-order valence-corrected chi connectivity index (χ3v) is 2.08. The van der Waals surface area contributed by atoms with Crippen molar-refractivity contribution in [2.45, 2.75) is 18.9 Å². The first-order chi connectivity index (χ1) is 5.38. The monoisotopic (exact) mass is 154 g/mol. The van der Waals surface area contributed by atoms with Gasteiger partial charge in [0.2, 0.25) is 0 Å². The fourth-order valence-electron chi connectivity index (χ4n) is 1.49. The van der Waals surface area contributed by atoms with E-state index in [0.717, 1.165) is 13.1 Å². The predicted molar refractivity (Wildman–Crippen MR) is 45.1 cm³/mol. The van der Waals surface area contributed by atoms with Gasteiger partial charge in [-0.15, -0.1) is 11.7 Å². The molecular formula is C8H14N2O. The van der Waals surface area contributed by atoms with E-state index in [-0.39, 0.29) is 0 Å². The van der Waals surface area contributed by atoms with Crippen LogP contribution in [-0.2, 0) is 0 Å². The van der Waals surface area contributed by atoms with Crippen LogP contribution in [0, 0.1) is 0 Å². The van der Waals surface area contributed by atoms with E-state index >= 15 is 0 Å². The summed E-state index contributed by atoms with van der Waals surface area (Å²) in [5, 5.41) is 11.2. The normalized spacial score (nSPS) is 26.4. The Morgan fingerprint density at radius 3 is 3.18 bits per heavy atom. The van der Waals surface area contributed by atoms with E-state index in [1.54, 1.807) is 0 Å². The zero-order chi connectivity index (χ0) is 8.10. The maximum Gasteiger partial charge on any atom is 0.0576 e. The van der Waals surface area contributed by atoms with E-state index in [4.69, 9.17) is 5.21 Å². The van der Waals surface area contributed by atoms with Crippen LogP contribution in [0.15, 0.2) is 17.8 Å². The van der Waals surface area contributed by atoms with Crippen LogP contribution in [0.4, 0.5) is 0 Å². The average Bonchev–Trinajstić information content (AvgIpc) is 2.47. The highest BCUT2D eigenvalue weighted by molar-refractivity contribution is 5.58. The molecular weight excluding hydrogens is 140 g/mol. The van der Waals surface area contributed by atoms with Gasteiger partial charge in [0.1, 0.15) is 0 Å². The lowest BCUT2D eigenvalue weighted by atomic mass is 10.2. The minimum Gasteiger partial charge on any atom is -0.411 e. The van der Waals surface area contributed by atoms with Gasteiger partial charge in [-0.1, -0.05) is 6.08 Å². The summed E-state index contributed by atoms with van der Waals surface area (Å²) in [4.78, 5) is 2.24. The Labute approximate surface area is 67.0 Å². The van der Waals surface area contributed by atoms with Gasteiger partial charge in [-0.05, 0) is 19.4 Å². The van der Waals surface area contributed by atoms with Gasteiger partial charge in [0.15, 0.2) is 0 Å². The van der Waals surface area contributed by atoms with Crippen LogP contribution in [0.1, 0.15) is 12.8 Å². The maximum atomic E-state index is 8.20. The van der Waals surface area contributed by atoms with Crippen LogP contribution in [0.5, 0.6) is 0 Å². The van der Waals surface area contributed by atoms with Crippen molar-refractivity contribution in [1.82, 2.24) is 4.90 Å². The van der Waals surface area contributed by atoms with Gasteiger partial charge in [0.25, 0.3) is 0 Å². The van der Waals surface area contributed by atoms with E-state index in [2.05, 4.69) is 16.6 Å². The molecule has 0 radical (unpaired) electrons. The molecule has 0 saturated carbocycles. The van der Waals surface area contributed by atoms with E-state index in [9.17, 15) is 0 Å². The van der Waals surface area contributed by atoms with E-state index in [0.29, 0.717) is 6.04 Å². The van der Waals surface area contributed by atoms with Gasteiger partial charge in [-0.2, -0.15) is 0 Å². The van der Waals surface area contributed by atoms with Gasteiger partial charge >= 0.3 is 0 Å². The average molecular weight is 154 g/mol. The molecule has 1 aliphatic rings. The molecule has 1 heterocycles. The molecule has 1 fully saturated rings. The first-order valence-electron chi connectivity index (χ1n) is 3.91. The van der Waals surface area contributed by atoms with E-state index < -0.39 is 0 Å². The van der Waals surface area contributed by atoms with E-state index in [1.165, 1.54) is 19.1 Å². The Bertz CT molecular complexity index is 156. The van der Waals surface area contributed by atoms with Gasteiger partial charge in [0.05, 0.1) is 6.21 Å². The van der Waals surface area contributed by atoms with Crippen molar-refractivity contribution in [1.29, 1.82) is 0 Å².